The maximum Gasteiger partial charge on any atom is 0.129 e. The van der Waals surface area contributed by atoms with Crippen molar-refractivity contribution in [1.82, 2.24) is 19.9 Å². The Morgan fingerprint density at radius 1 is 0.828 bits per heavy atom. The smallest absolute Gasteiger partial charge is 0.129 e. The molecule has 1 N–H and O–H groups in total. The van der Waals surface area contributed by atoms with Crippen LogP contribution in [0.4, 0.5) is 0 Å². The molecule has 5 aromatic rings. The van der Waals surface area contributed by atoms with Gasteiger partial charge in [0.1, 0.15) is 14.4 Å². The molecule has 140 valence electrons. The highest BCUT2D eigenvalue weighted by Gasteiger charge is 2.12. The maximum absolute atomic E-state index is 4.61. The Balaban J connectivity index is 1.72. The number of hydrogen-bond donors (Lipinski definition) is 1. The molecule has 4 nitrogen and oxygen atoms in total. The molecule has 0 atom stereocenters. The zero-order valence-electron chi connectivity index (χ0n) is 16.6. The van der Waals surface area contributed by atoms with Gasteiger partial charge in [-0.25, -0.2) is 15.0 Å². The van der Waals surface area contributed by atoms with E-state index in [4.69, 9.17) is 0 Å². The van der Waals surface area contributed by atoms with Crippen LogP contribution in [0.5, 0.6) is 0 Å². The largest absolute Gasteiger partial charge is 0.345 e. The number of nitrogens with one attached hydrogen (secondary N) is 1. The molecule has 29 heavy (non-hydrogen) atoms. The van der Waals surface area contributed by atoms with Gasteiger partial charge in [-0.05, 0) is 30.3 Å². The van der Waals surface area contributed by atoms with Crippen molar-refractivity contribution < 1.29 is 0 Å². The van der Waals surface area contributed by atoms with E-state index in [-0.39, 0.29) is 0 Å². The summed E-state index contributed by atoms with van der Waals surface area (Å²) in [6.45, 7) is 6.76. The summed E-state index contributed by atoms with van der Waals surface area (Å²) < 4.78 is 0. The SMILES string of the molecule is C[Si](C)(C)C#Cc1cccc(-c2ncnc3c2ccc2c3ccc3[nH]cnc32)c1. The van der Waals surface area contributed by atoms with E-state index in [0.717, 1.165) is 49.5 Å². The Labute approximate surface area is 170 Å². The summed E-state index contributed by atoms with van der Waals surface area (Å²) in [4.78, 5) is 16.9. The normalized spacial score (nSPS) is 11.7. The quantitative estimate of drug-likeness (QED) is 0.231. The van der Waals surface area contributed by atoms with Gasteiger partial charge in [0.15, 0.2) is 0 Å². The highest BCUT2D eigenvalue weighted by atomic mass is 28.3. The lowest BCUT2D eigenvalue weighted by Gasteiger charge is -2.09. The van der Waals surface area contributed by atoms with Crippen LogP contribution in [0.15, 0.2) is 61.2 Å². The van der Waals surface area contributed by atoms with Gasteiger partial charge in [-0.1, -0.05) is 43.8 Å². The molecule has 0 aliphatic carbocycles. The molecule has 5 rings (SSSR count). The second-order valence-electron chi connectivity index (χ2n) is 8.22. The molecule has 0 saturated heterocycles. The van der Waals surface area contributed by atoms with Gasteiger partial charge in [0.2, 0.25) is 0 Å². The van der Waals surface area contributed by atoms with Gasteiger partial charge in [-0.3, -0.25) is 0 Å². The van der Waals surface area contributed by atoms with Crippen molar-refractivity contribution in [2.75, 3.05) is 0 Å². The first-order chi connectivity index (χ1) is 14.0. The molecule has 2 heterocycles. The van der Waals surface area contributed by atoms with Crippen LogP contribution < -0.4 is 0 Å². The highest BCUT2D eigenvalue weighted by molar-refractivity contribution is 6.83. The fourth-order valence-corrected chi connectivity index (χ4v) is 4.09. The van der Waals surface area contributed by atoms with Gasteiger partial charge in [0.25, 0.3) is 0 Å². The molecule has 0 saturated carbocycles. The zero-order valence-corrected chi connectivity index (χ0v) is 17.6. The van der Waals surface area contributed by atoms with Crippen molar-refractivity contribution in [3.8, 4) is 22.7 Å². The van der Waals surface area contributed by atoms with Gasteiger partial charge in [-0.15, -0.1) is 5.54 Å². The molecule has 0 amide bonds. The van der Waals surface area contributed by atoms with E-state index < -0.39 is 8.07 Å². The first-order valence-electron chi connectivity index (χ1n) is 9.63. The van der Waals surface area contributed by atoms with Crippen LogP contribution in [0.25, 0.3) is 44.0 Å². The molecule has 3 aromatic carbocycles. The van der Waals surface area contributed by atoms with Gasteiger partial charge in [0, 0.05) is 27.3 Å². The van der Waals surface area contributed by atoms with E-state index in [1.165, 1.54) is 0 Å². The van der Waals surface area contributed by atoms with Crippen LogP contribution in [0.3, 0.4) is 0 Å². The third kappa shape index (κ3) is 3.18. The van der Waals surface area contributed by atoms with Gasteiger partial charge in [-0.2, -0.15) is 0 Å². The number of aromatic amines is 1. The third-order valence-electron chi connectivity index (χ3n) is 4.90. The minimum absolute atomic E-state index is 0.927. The van der Waals surface area contributed by atoms with E-state index in [1.807, 2.05) is 6.07 Å². The summed E-state index contributed by atoms with van der Waals surface area (Å²) in [5.74, 6) is 3.35. The second-order valence-corrected chi connectivity index (χ2v) is 13.0. The summed E-state index contributed by atoms with van der Waals surface area (Å²) in [7, 11) is -1.42. The molecule has 0 aliphatic heterocycles. The van der Waals surface area contributed by atoms with Gasteiger partial charge in [0.05, 0.1) is 28.6 Å². The first kappa shape index (κ1) is 17.6. The first-order valence-corrected chi connectivity index (χ1v) is 13.1. The average molecular weight is 393 g/mol. The Morgan fingerprint density at radius 2 is 1.62 bits per heavy atom. The van der Waals surface area contributed by atoms with E-state index in [0.29, 0.717) is 0 Å². The third-order valence-corrected chi connectivity index (χ3v) is 5.78. The van der Waals surface area contributed by atoms with E-state index in [9.17, 15) is 0 Å². The highest BCUT2D eigenvalue weighted by Crippen LogP contribution is 2.32. The Hall–Kier alpha value is -3.49. The van der Waals surface area contributed by atoms with E-state index in [2.05, 4.69) is 93.5 Å². The summed E-state index contributed by atoms with van der Waals surface area (Å²) in [5, 5.41) is 3.21. The van der Waals surface area contributed by atoms with Crippen molar-refractivity contribution in [3.05, 3.63) is 66.7 Å². The minimum atomic E-state index is -1.42. The topological polar surface area (TPSA) is 54.5 Å². The number of nitrogens with zero attached hydrogens (tertiary/aromatic N) is 3. The molecule has 2 aromatic heterocycles. The van der Waals surface area contributed by atoms with Crippen LogP contribution in [0.1, 0.15) is 5.56 Å². The molecule has 0 aliphatic rings. The summed E-state index contributed by atoms with van der Waals surface area (Å²) in [6.07, 6.45) is 3.37. The number of hydrogen-bond acceptors (Lipinski definition) is 3. The van der Waals surface area contributed by atoms with Crippen LogP contribution in [-0.2, 0) is 0 Å². The van der Waals surface area contributed by atoms with Gasteiger partial charge >= 0.3 is 0 Å². The number of fused-ring (bicyclic) bond motifs is 5. The fourth-order valence-electron chi connectivity index (χ4n) is 3.57. The summed E-state index contributed by atoms with van der Waals surface area (Å²) in [6, 6.07) is 16.7. The van der Waals surface area contributed by atoms with Crippen molar-refractivity contribution in [2.24, 2.45) is 0 Å². The van der Waals surface area contributed by atoms with Crippen LogP contribution >= 0.6 is 0 Å². The van der Waals surface area contributed by atoms with E-state index in [1.54, 1.807) is 12.7 Å². The Morgan fingerprint density at radius 3 is 2.48 bits per heavy atom. The lowest BCUT2D eigenvalue weighted by Crippen LogP contribution is -2.16. The molecular formula is C24H20N4Si. The molecular weight excluding hydrogens is 372 g/mol. The monoisotopic (exact) mass is 392 g/mol. The molecule has 0 unspecified atom stereocenters. The van der Waals surface area contributed by atoms with Crippen LogP contribution in [0.2, 0.25) is 19.6 Å². The predicted octanol–water partition coefficient (Wildman–Crippen LogP) is 5.56. The van der Waals surface area contributed by atoms with Crippen molar-refractivity contribution in [3.63, 3.8) is 0 Å². The van der Waals surface area contributed by atoms with Crippen molar-refractivity contribution in [1.29, 1.82) is 0 Å². The van der Waals surface area contributed by atoms with Crippen molar-refractivity contribution >= 4 is 40.8 Å². The summed E-state index contributed by atoms with van der Waals surface area (Å²) >= 11 is 0. The molecule has 5 heteroatoms. The Kier molecular flexibility index (Phi) is 3.97. The molecule has 0 fully saturated rings. The number of rotatable bonds is 1. The van der Waals surface area contributed by atoms with Crippen LogP contribution in [0, 0.1) is 11.5 Å². The Bertz CT molecular complexity index is 1450. The van der Waals surface area contributed by atoms with Crippen LogP contribution in [-0.4, -0.2) is 28.0 Å². The molecule has 0 radical (unpaired) electrons. The predicted molar refractivity (Wildman–Crippen MR) is 122 cm³/mol. The lowest BCUT2D eigenvalue weighted by molar-refractivity contribution is 1.23. The standard InChI is InChI=1S/C24H20N4Si/c1-29(2,3)12-11-16-5-4-6-17(13-16)22-20-8-7-19-18(23(20)27-15-26-22)9-10-21-24(19)28-14-25-21/h4-10,13-15H,1-3H3,(H,25,28). The number of aromatic nitrogens is 4. The molecule has 0 spiro atoms. The number of imidazole rings is 1. The average Bonchev–Trinajstić information content (AvgIpc) is 3.20. The van der Waals surface area contributed by atoms with Crippen molar-refractivity contribution in [2.45, 2.75) is 19.6 Å². The van der Waals surface area contributed by atoms with Gasteiger partial charge < -0.3 is 4.98 Å². The maximum atomic E-state index is 4.61. The van der Waals surface area contributed by atoms with E-state index >= 15 is 0 Å². The lowest BCUT2D eigenvalue weighted by atomic mass is 10.0. The molecule has 0 bridgehead atoms. The number of H-pyrrole nitrogens is 1. The second kappa shape index (κ2) is 6.54. The summed E-state index contributed by atoms with van der Waals surface area (Å²) in [5.41, 5.74) is 9.38. The fraction of sp³-hybridized carbons (Fsp3) is 0.125. The zero-order chi connectivity index (χ0) is 20.0. The minimum Gasteiger partial charge on any atom is -0.345 e. The number of benzene rings is 3.